The molecule has 1 aromatic carbocycles. The fourth-order valence-electron chi connectivity index (χ4n) is 3.46. The minimum absolute atomic E-state index is 0.130. The normalized spacial score (nSPS) is 23.4. The fraction of sp³-hybridized carbons (Fsp3) is 0.562. The van der Waals surface area contributed by atoms with E-state index in [1.807, 2.05) is 24.0 Å². The van der Waals surface area contributed by atoms with Gasteiger partial charge in [0.15, 0.2) is 0 Å². The molecule has 1 aromatic rings. The number of nitrogens with two attached hydrogens (primary N) is 1. The van der Waals surface area contributed by atoms with Gasteiger partial charge in [-0.05, 0) is 50.1 Å². The standard InChI is InChI=1S/C16H23N3O/c1-12-8-13(10-14(17)9-12)16(20)19-7-6-18-5-3-2-4-15(18)11-19/h8-10,15H,2-7,11,17H2,1H3. The van der Waals surface area contributed by atoms with Crippen LogP contribution >= 0.6 is 0 Å². The van der Waals surface area contributed by atoms with Gasteiger partial charge in [-0.25, -0.2) is 0 Å². The number of nitrogens with zero attached hydrogens (tertiary/aromatic N) is 2. The number of rotatable bonds is 1. The highest BCUT2D eigenvalue weighted by Gasteiger charge is 2.31. The first kappa shape index (κ1) is 13.4. The van der Waals surface area contributed by atoms with E-state index in [1.54, 1.807) is 6.07 Å². The van der Waals surface area contributed by atoms with Crippen LogP contribution in [0.4, 0.5) is 5.69 Å². The van der Waals surface area contributed by atoms with Crippen LogP contribution in [0.3, 0.4) is 0 Å². The maximum atomic E-state index is 12.6. The van der Waals surface area contributed by atoms with Crippen molar-refractivity contribution in [2.45, 2.75) is 32.2 Å². The number of piperazine rings is 1. The number of hydrogen-bond acceptors (Lipinski definition) is 3. The van der Waals surface area contributed by atoms with Crippen LogP contribution in [0.5, 0.6) is 0 Å². The molecule has 1 amide bonds. The number of anilines is 1. The number of piperidine rings is 1. The van der Waals surface area contributed by atoms with E-state index >= 15 is 0 Å². The number of benzene rings is 1. The van der Waals surface area contributed by atoms with Crippen LogP contribution in [-0.4, -0.2) is 47.9 Å². The van der Waals surface area contributed by atoms with Gasteiger partial charge in [0.1, 0.15) is 0 Å². The number of carbonyl (C=O) groups is 1. The molecule has 0 aliphatic carbocycles. The largest absolute Gasteiger partial charge is 0.399 e. The van der Waals surface area contributed by atoms with Gasteiger partial charge in [0.05, 0.1) is 0 Å². The van der Waals surface area contributed by atoms with Crippen LogP contribution < -0.4 is 5.73 Å². The minimum atomic E-state index is 0.130. The molecule has 0 saturated carbocycles. The Hall–Kier alpha value is -1.55. The van der Waals surface area contributed by atoms with Crippen molar-refractivity contribution < 1.29 is 4.79 Å². The minimum Gasteiger partial charge on any atom is -0.399 e. The monoisotopic (exact) mass is 273 g/mol. The highest BCUT2D eigenvalue weighted by Crippen LogP contribution is 2.22. The molecule has 2 fully saturated rings. The molecule has 0 spiro atoms. The van der Waals surface area contributed by atoms with Crippen molar-refractivity contribution in [1.82, 2.24) is 9.80 Å². The van der Waals surface area contributed by atoms with Crippen LogP contribution in [0, 0.1) is 6.92 Å². The molecule has 2 aliphatic rings. The molecule has 2 N–H and O–H groups in total. The summed E-state index contributed by atoms with van der Waals surface area (Å²) in [5, 5.41) is 0. The van der Waals surface area contributed by atoms with E-state index in [2.05, 4.69) is 4.90 Å². The van der Waals surface area contributed by atoms with Crippen molar-refractivity contribution >= 4 is 11.6 Å². The van der Waals surface area contributed by atoms with Crippen molar-refractivity contribution in [2.24, 2.45) is 0 Å². The zero-order chi connectivity index (χ0) is 14.1. The summed E-state index contributed by atoms with van der Waals surface area (Å²) >= 11 is 0. The molecule has 2 heterocycles. The van der Waals surface area contributed by atoms with Crippen LogP contribution in [0.25, 0.3) is 0 Å². The molecule has 2 saturated heterocycles. The predicted molar refractivity (Wildman–Crippen MR) is 80.7 cm³/mol. The van der Waals surface area contributed by atoms with Crippen LogP contribution in [0.2, 0.25) is 0 Å². The maximum Gasteiger partial charge on any atom is 0.254 e. The lowest BCUT2D eigenvalue weighted by Crippen LogP contribution is -2.56. The number of aryl methyl sites for hydroxylation is 1. The molecule has 3 rings (SSSR count). The molecule has 4 nitrogen and oxygen atoms in total. The first-order chi connectivity index (χ1) is 9.63. The molecular formula is C16H23N3O. The van der Waals surface area contributed by atoms with Crippen LogP contribution in [0.1, 0.15) is 35.2 Å². The summed E-state index contributed by atoms with van der Waals surface area (Å²) in [6.07, 6.45) is 3.82. The van der Waals surface area contributed by atoms with Crippen molar-refractivity contribution in [1.29, 1.82) is 0 Å². The third kappa shape index (κ3) is 2.66. The Morgan fingerprint density at radius 3 is 2.85 bits per heavy atom. The van der Waals surface area contributed by atoms with E-state index in [0.29, 0.717) is 11.7 Å². The summed E-state index contributed by atoms with van der Waals surface area (Å²) in [7, 11) is 0. The third-order valence-electron chi connectivity index (χ3n) is 4.47. The first-order valence-electron chi connectivity index (χ1n) is 7.54. The smallest absolute Gasteiger partial charge is 0.254 e. The Morgan fingerprint density at radius 2 is 2.05 bits per heavy atom. The lowest BCUT2D eigenvalue weighted by Gasteiger charge is -2.44. The lowest BCUT2D eigenvalue weighted by molar-refractivity contribution is 0.0372. The van der Waals surface area contributed by atoms with E-state index in [1.165, 1.54) is 25.8 Å². The number of fused-ring (bicyclic) bond motifs is 1. The number of amides is 1. The summed E-state index contributed by atoms with van der Waals surface area (Å²) in [6.45, 7) is 5.89. The maximum absolute atomic E-state index is 12.6. The predicted octanol–water partition coefficient (Wildman–Crippen LogP) is 1.89. The van der Waals surface area contributed by atoms with Gasteiger partial charge in [-0.1, -0.05) is 6.42 Å². The molecule has 108 valence electrons. The summed E-state index contributed by atoms with van der Waals surface area (Å²) in [4.78, 5) is 17.2. The van der Waals surface area contributed by atoms with Crippen molar-refractivity contribution in [3.8, 4) is 0 Å². The van der Waals surface area contributed by atoms with Gasteiger partial charge in [-0.2, -0.15) is 0 Å². The van der Waals surface area contributed by atoms with Crippen molar-refractivity contribution in [3.05, 3.63) is 29.3 Å². The van der Waals surface area contributed by atoms with Crippen LogP contribution in [-0.2, 0) is 0 Å². The summed E-state index contributed by atoms with van der Waals surface area (Å²) < 4.78 is 0. The second-order valence-corrected chi connectivity index (χ2v) is 6.07. The average molecular weight is 273 g/mol. The Labute approximate surface area is 120 Å². The number of hydrogen-bond donors (Lipinski definition) is 1. The van der Waals surface area contributed by atoms with E-state index in [-0.39, 0.29) is 5.91 Å². The fourth-order valence-corrected chi connectivity index (χ4v) is 3.46. The van der Waals surface area contributed by atoms with Gasteiger partial charge >= 0.3 is 0 Å². The molecule has 20 heavy (non-hydrogen) atoms. The summed E-state index contributed by atoms with van der Waals surface area (Å²) in [6, 6.07) is 6.19. The van der Waals surface area contributed by atoms with Crippen molar-refractivity contribution in [3.63, 3.8) is 0 Å². The molecule has 0 radical (unpaired) electrons. The number of carbonyl (C=O) groups excluding carboxylic acids is 1. The van der Waals surface area contributed by atoms with E-state index in [0.717, 1.165) is 30.8 Å². The Morgan fingerprint density at radius 1 is 1.20 bits per heavy atom. The summed E-state index contributed by atoms with van der Waals surface area (Å²) in [5.41, 5.74) is 8.30. The zero-order valence-electron chi connectivity index (χ0n) is 12.1. The molecule has 0 bridgehead atoms. The van der Waals surface area contributed by atoms with Gasteiger partial charge in [-0.3, -0.25) is 9.69 Å². The Balaban J connectivity index is 1.74. The van der Waals surface area contributed by atoms with E-state index in [4.69, 9.17) is 5.73 Å². The second kappa shape index (κ2) is 5.44. The molecular weight excluding hydrogens is 250 g/mol. The molecule has 1 unspecified atom stereocenters. The topological polar surface area (TPSA) is 49.6 Å². The molecule has 0 aromatic heterocycles. The summed E-state index contributed by atoms with van der Waals surface area (Å²) in [5.74, 6) is 0.130. The van der Waals surface area contributed by atoms with Crippen molar-refractivity contribution in [2.75, 3.05) is 31.9 Å². The first-order valence-corrected chi connectivity index (χ1v) is 7.54. The van der Waals surface area contributed by atoms with Gasteiger partial charge in [0, 0.05) is 36.9 Å². The highest BCUT2D eigenvalue weighted by atomic mass is 16.2. The molecule has 2 aliphatic heterocycles. The highest BCUT2D eigenvalue weighted by molar-refractivity contribution is 5.95. The van der Waals surface area contributed by atoms with E-state index < -0.39 is 0 Å². The van der Waals surface area contributed by atoms with Gasteiger partial charge in [0.25, 0.3) is 5.91 Å². The van der Waals surface area contributed by atoms with Crippen LogP contribution in [0.15, 0.2) is 18.2 Å². The number of nitrogen functional groups attached to an aromatic ring is 1. The SMILES string of the molecule is Cc1cc(N)cc(C(=O)N2CCN3CCCCC3C2)c1. The third-order valence-corrected chi connectivity index (χ3v) is 4.47. The Bertz CT molecular complexity index is 494. The van der Waals surface area contributed by atoms with Gasteiger partial charge in [-0.15, -0.1) is 0 Å². The molecule has 4 heteroatoms. The lowest BCUT2D eigenvalue weighted by atomic mass is 9.99. The van der Waals surface area contributed by atoms with Gasteiger partial charge < -0.3 is 10.6 Å². The zero-order valence-corrected chi connectivity index (χ0v) is 12.1. The average Bonchev–Trinajstić information content (AvgIpc) is 2.45. The molecule has 1 atom stereocenters. The van der Waals surface area contributed by atoms with Gasteiger partial charge in [0.2, 0.25) is 0 Å². The second-order valence-electron chi connectivity index (χ2n) is 6.07. The quantitative estimate of drug-likeness (QED) is 0.795. The Kier molecular flexibility index (Phi) is 3.66. The van der Waals surface area contributed by atoms with E-state index in [9.17, 15) is 4.79 Å².